The van der Waals surface area contributed by atoms with Crippen molar-refractivity contribution >= 4 is 11.9 Å². The minimum atomic E-state index is -4.75. The largest absolute Gasteiger partial charge is 0.465 e. The van der Waals surface area contributed by atoms with Crippen molar-refractivity contribution in [3.8, 4) is 17.3 Å². The second kappa shape index (κ2) is 8.31. The molecule has 0 spiro atoms. The normalized spacial score (nSPS) is 19.5. The summed E-state index contributed by atoms with van der Waals surface area (Å²) < 4.78 is 42.9. The van der Waals surface area contributed by atoms with E-state index in [1.54, 1.807) is 16.9 Å². The summed E-state index contributed by atoms with van der Waals surface area (Å²) in [6.45, 7) is 0.856. The standard InChI is InChI=1S/C20H21F3N6O3/c21-20(22,23)16-7-17(26-18(15(16)8-24)28-6-3-14(28)11-30)12-9-25-29(10-12)13-1-4-27(5-2-13)19(31)32/h7,9-10,13-14,30H,1-6,11H2,(H,31,32)/t14-/m1/s1. The predicted molar refractivity (Wildman–Crippen MR) is 106 cm³/mol. The average molecular weight is 450 g/mol. The quantitative estimate of drug-likeness (QED) is 0.735. The van der Waals surface area contributed by atoms with Crippen LogP contribution in [-0.4, -0.2) is 68.3 Å². The first-order chi connectivity index (χ1) is 15.2. The van der Waals surface area contributed by atoms with Gasteiger partial charge in [-0.05, 0) is 25.3 Å². The van der Waals surface area contributed by atoms with Crippen molar-refractivity contribution in [1.82, 2.24) is 19.7 Å². The number of likely N-dealkylation sites (tertiary alicyclic amines) is 1. The van der Waals surface area contributed by atoms with Crippen LogP contribution in [0.2, 0.25) is 0 Å². The van der Waals surface area contributed by atoms with Gasteiger partial charge in [-0.2, -0.15) is 23.5 Å². The van der Waals surface area contributed by atoms with Crippen molar-refractivity contribution in [2.24, 2.45) is 0 Å². The maximum absolute atomic E-state index is 13.8. The first-order valence-electron chi connectivity index (χ1n) is 10.1. The number of carbonyl (C=O) groups is 1. The monoisotopic (exact) mass is 450 g/mol. The molecule has 0 aromatic carbocycles. The fourth-order valence-electron chi connectivity index (χ4n) is 4.12. The van der Waals surface area contributed by atoms with E-state index in [9.17, 15) is 28.3 Å². The van der Waals surface area contributed by atoms with Crippen LogP contribution in [-0.2, 0) is 6.18 Å². The van der Waals surface area contributed by atoms with Gasteiger partial charge in [0, 0.05) is 31.4 Å². The van der Waals surface area contributed by atoms with Crippen molar-refractivity contribution in [2.45, 2.75) is 37.5 Å². The number of hydrogen-bond acceptors (Lipinski definition) is 6. The van der Waals surface area contributed by atoms with Gasteiger partial charge in [0.15, 0.2) is 0 Å². The lowest BCUT2D eigenvalue weighted by molar-refractivity contribution is -0.137. The second-order valence-corrected chi connectivity index (χ2v) is 7.89. The van der Waals surface area contributed by atoms with Crippen LogP contribution in [0, 0.1) is 11.3 Å². The molecule has 12 heteroatoms. The Hall–Kier alpha value is -3.33. The van der Waals surface area contributed by atoms with Crippen molar-refractivity contribution in [2.75, 3.05) is 31.1 Å². The van der Waals surface area contributed by atoms with Crippen LogP contribution in [0.1, 0.15) is 36.4 Å². The highest BCUT2D eigenvalue weighted by Gasteiger charge is 2.39. The van der Waals surface area contributed by atoms with Crippen LogP contribution in [0.25, 0.3) is 11.3 Å². The van der Waals surface area contributed by atoms with Gasteiger partial charge < -0.3 is 20.0 Å². The lowest BCUT2D eigenvalue weighted by Crippen LogP contribution is -2.51. The Bertz CT molecular complexity index is 1050. The number of rotatable bonds is 4. The molecular formula is C20H21F3N6O3. The zero-order valence-corrected chi connectivity index (χ0v) is 17.0. The topological polar surface area (TPSA) is 119 Å². The van der Waals surface area contributed by atoms with Gasteiger partial charge in [0.1, 0.15) is 17.5 Å². The Morgan fingerprint density at radius 1 is 1.25 bits per heavy atom. The fourth-order valence-corrected chi connectivity index (χ4v) is 4.12. The molecule has 170 valence electrons. The Balaban J connectivity index is 1.69. The molecule has 0 bridgehead atoms. The van der Waals surface area contributed by atoms with E-state index in [0.29, 0.717) is 44.5 Å². The van der Waals surface area contributed by atoms with Gasteiger partial charge in [-0.1, -0.05) is 0 Å². The third-order valence-corrected chi connectivity index (χ3v) is 6.05. The fraction of sp³-hybridized carbons (Fsp3) is 0.500. The van der Waals surface area contributed by atoms with Crippen LogP contribution in [0.15, 0.2) is 18.5 Å². The predicted octanol–water partition coefficient (Wildman–Crippen LogP) is 2.72. The summed E-state index contributed by atoms with van der Waals surface area (Å²) in [5.41, 5.74) is -1.24. The van der Waals surface area contributed by atoms with Gasteiger partial charge in [0.05, 0.1) is 36.1 Å². The number of hydrogen-bond donors (Lipinski definition) is 2. The number of nitriles is 1. The summed E-state index contributed by atoms with van der Waals surface area (Å²) in [7, 11) is 0. The zero-order chi connectivity index (χ0) is 23.0. The van der Waals surface area contributed by atoms with Crippen LogP contribution in [0.4, 0.5) is 23.8 Å². The molecular weight excluding hydrogens is 429 g/mol. The molecule has 2 aliphatic rings. The van der Waals surface area contributed by atoms with Crippen LogP contribution in [0.5, 0.6) is 0 Å². The Morgan fingerprint density at radius 2 is 1.97 bits per heavy atom. The van der Waals surface area contributed by atoms with Crippen molar-refractivity contribution in [3.05, 3.63) is 29.6 Å². The summed E-state index contributed by atoms with van der Waals surface area (Å²) in [5, 5.41) is 32.3. The molecule has 0 saturated carbocycles. The minimum absolute atomic E-state index is 0.0316. The van der Waals surface area contributed by atoms with Crippen molar-refractivity contribution in [1.29, 1.82) is 5.26 Å². The lowest BCUT2D eigenvalue weighted by Gasteiger charge is -2.41. The molecule has 4 rings (SSSR count). The Kier molecular flexibility index (Phi) is 5.68. The number of amides is 1. The highest BCUT2D eigenvalue weighted by Crippen LogP contribution is 2.40. The number of anilines is 1. The number of piperidine rings is 1. The van der Waals surface area contributed by atoms with E-state index < -0.39 is 23.4 Å². The third-order valence-electron chi connectivity index (χ3n) is 6.05. The maximum atomic E-state index is 13.8. The second-order valence-electron chi connectivity index (χ2n) is 7.89. The van der Waals surface area contributed by atoms with E-state index in [-0.39, 0.29) is 30.2 Å². The maximum Gasteiger partial charge on any atom is 0.417 e. The Morgan fingerprint density at radius 3 is 2.50 bits per heavy atom. The SMILES string of the molecule is N#Cc1c(C(F)(F)F)cc(-c2cnn(C3CCN(C(=O)O)CC3)c2)nc1N1CC[C@@H]1CO. The first kappa shape index (κ1) is 21.9. The van der Waals surface area contributed by atoms with Crippen LogP contribution < -0.4 is 4.90 Å². The number of aromatic nitrogens is 3. The molecule has 2 N–H and O–H groups in total. The lowest BCUT2D eigenvalue weighted by atomic mass is 10.00. The molecule has 1 atom stereocenters. The molecule has 0 radical (unpaired) electrons. The van der Waals surface area contributed by atoms with Gasteiger partial charge >= 0.3 is 12.3 Å². The van der Waals surface area contributed by atoms with Crippen LogP contribution >= 0.6 is 0 Å². The van der Waals surface area contributed by atoms with E-state index in [0.717, 1.165) is 6.07 Å². The van der Waals surface area contributed by atoms with E-state index in [1.165, 1.54) is 16.0 Å². The summed E-state index contributed by atoms with van der Waals surface area (Å²) >= 11 is 0. The summed E-state index contributed by atoms with van der Waals surface area (Å²) in [6.07, 6.45) is -1.04. The summed E-state index contributed by atoms with van der Waals surface area (Å²) in [4.78, 5) is 18.3. The summed E-state index contributed by atoms with van der Waals surface area (Å²) in [5.74, 6) is -0.0925. The average Bonchev–Trinajstić information content (AvgIpc) is 3.22. The van der Waals surface area contributed by atoms with Gasteiger partial charge in [0.2, 0.25) is 0 Å². The van der Waals surface area contributed by atoms with E-state index in [4.69, 9.17) is 5.11 Å². The van der Waals surface area contributed by atoms with Gasteiger partial charge in [-0.25, -0.2) is 9.78 Å². The molecule has 2 aromatic heterocycles. The number of alkyl halides is 3. The highest BCUT2D eigenvalue weighted by atomic mass is 19.4. The van der Waals surface area contributed by atoms with Gasteiger partial charge in [0.25, 0.3) is 0 Å². The Labute approximate surface area is 181 Å². The number of aliphatic hydroxyl groups is 1. The van der Waals surface area contributed by atoms with Crippen LogP contribution in [0.3, 0.4) is 0 Å². The zero-order valence-electron chi connectivity index (χ0n) is 17.0. The smallest absolute Gasteiger partial charge is 0.417 e. The molecule has 2 aliphatic heterocycles. The molecule has 4 heterocycles. The minimum Gasteiger partial charge on any atom is -0.465 e. The molecule has 9 nitrogen and oxygen atoms in total. The van der Waals surface area contributed by atoms with E-state index >= 15 is 0 Å². The summed E-state index contributed by atoms with van der Waals surface area (Å²) in [6, 6.07) is 2.03. The molecule has 2 fully saturated rings. The van der Waals surface area contributed by atoms with Gasteiger partial charge in [-0.15, -0.1) is 0 Å². The van der Waals surface area contributed by atoms with Gasteiger partial charge in [-0.3, -0.25) is 4.68 Å². The van der Waals surface area contributed by atoms with E-state index in [2.05, 4.69) is 10.1 Å². The van der Waals surface area contributed by atoms with Crippen molar-refractivity contribution < 1.29 is 28.2 Å². The number of halogens is 3. The molecule has 0 aliphatic carbocycles. The number of pyridine rings is 1. The number of aliphatic hydroxyl groups excluding tert-OH is 1. The number of nitrogens with zero attached hydrogens (tertiary/aromatic N) is 6. The van der Waals surface area contributed by atoms with E-state index in [1.807, 2.05) is 0 Å². The molecule has 32 heavy (non-hydrogen) atoms. The third kappa shape index (κ3) is 3.95. The van der Waals surface area contributed by atoms with Crippen molar-refractivity contribution in [3.63, 3.8) is 0 Å². The molecule has 0 unspecified atom stereocenters. The first-order valence-corrected chi connectivity index (χ1v) is 10.1. The molecule has 1 amide bonds. The highest BCUT2D eigenvalue weighted by molar-refractivity contribution is 5.69. The number of carboxylic acid groups (broad SMARTS) is 1. The molecule has 2 aromatic rings. The molecule has 2 saturated heterocycles.